The molecular formula is C14H20ClFN2O. The second-order valence-electron chi connectivity index (χ2n) is 4.83. The molecule has 19 heavy (non-hydrogen) atoms. The molecule has 106 valence electrons. The molecule has 0 spiro atoms. The summed E-state index contributed by atoms with van der Waals surface area (Å²) in [5.74, 6) is -0.650. The van der Waals surface area contributed by atoms with Gasteiger partial charge in [-0.2, -0.15) is 0 Å². The van der Waals surface area contributed by atoms with Crippen molar-refractivity contribution in [2.24, 2.45) is 0 Å². The average molecular weight is 287 g/mol. The molecule has 1 aromatic carbocycles. The second-order valence-corrected chi connectivity index (χ2v) is 4.83. The zero-order valence-corrected chi connectivity index (χ0v) is 11.8. The summed E-state index contributed by atoms with van der Waals surface area (Å²) in [5.41, 5.74) is 0.719. The zero-order valence-electron chi connectivity index (χ0n) is 11.0. The minimum Gasteiger partial charge on any atom is -0.352 e. The number of carbonyl (C=O) groups is 1. The van der Waals surface area contributed by atoms with E-state index in [2.05, 4.69) is 10.6 Å². The number of amides is 1. The van der Waals surface area contributed by atoms with Crippen molar-refractivity contribution in [3.8, 4) is 0 Å². The molecular weight excluding hydrogens is 267 g/mol. The molecule has 5 heteroatoms. The Labute approximate surface area is 119 Å². The highest BCUT2D eigenvalue weighted by molar-refractivity contribution is 5.85. The number of rotatable bonds is 3. The van der Waals surface area contributed by atoms with E-state index >= 15 is 0 Å². The van der Waals surface area contributed by atoms with Crippen LogP contribution in [0.4, 0.5) is 4.39 Å². The summed E-state index contributed by atoms with van der Waals surface area (Å²) < 4.78 is 13.1. The van der Waals surface area contributed by atoms with E-state index in [1.807, 2.05) is 0 Å². The van der Waals surface area contributed by atoms with Crippen LogP contribution in [0.15, 0.2) is 24.3 Å². The van der Waals surface area contributed by atoms with E-state index in [1.54, 1.807) is 19.1 Å². The van der Waals surface area contributed by atoms with Crippen LogP contribution < -0.4 is 10.6 Å². The second kappa shape index (κ2) is 7.46. The van der Waals surface area contributed by atoms with Gasteiger partial charge in [-0.05, 0) is 44.0 Å². The van der Waals surface area contributed by atoms with Crippen LogP contribution in [0.3, 0.4) is 0 Å². The maximum Gasteiger partial charge on any atom is 0.227 e. The molecule has 2 rings (SSSR count). The zero-order chi connectivity index (χ0) is 13.0. The summed E-state index contributed by atoms with van der Waals surface area (Å²) in [4.78, 5) is 12.1. The molecule has 0 radical (unpaired) electrons. The molecule has 2 N–H and O–H groups in total. The Bertz CT molecular complexity index is 422. The Balaban J connectivity index is 0.00000180. The first-order valence-electron chi connectivity index (χ1n) is 6.43. The van der Waals surface area contributed by atoms with Gasteiger partial charge in [0.05, 0.1) is 5.92 Å². The van der Waals surface area contributed by atoms with Crippen molar-refractivity contribution < 1.29 is 9.18 Å². The molecule has 0 bridgehead atoms. The fourth-order valence-corrected chi connectivity index (χ4v) is 2.23. The lowest BCUT2D eigenvalue weighted by Crippen LogP contribution is -2.46. The smallest absolute Gasteiger partial charge is 0.227 e. The first-order chi connectivity index (χ1) is 8.66. The minimum atomic E-state index is -0.317. The van der Waals surface area contributed by atoms with Crippen molar-refractivity contribution in [3.63, 3.8) is 0 Å². The SMILES string of the molecule is CC(C(=O)NC1CCCNC1)c1cccc(F)c1.Cl. The van der Waals surface area contributed by atoms with Gasteiger partial charge < -0.3 is 10.6 Å². The van der Waals surface area contributed by atoms with Crippen molar-refractivity contribution in [2.45, 2.75) is 31.7 Å². The summed E-state index contributed by atoms with van der Waals surface area (Å²) in [5, 5.41) is 6.27. The lowest BCUT2D eigenvalue weighted by molar-refractivity contribution is -0.123. The van der Waals surface area contributed by atoms with Gasteiger partial charge >= 0.3 is 0 Å². The van der Waals surface area contributed by atoms with Crippen LogP contribution in [0.1, 0.15) is 31.2 Å². The van der Waals surface area contributed by atoms with Crippen molar-refractivity contribution in [1.82, 2.24) is 10.6 Å². The van der Waals surface area contributed by atoms with Gasteiger partial charge in [0, 0.05) is 12.6 Å². The monoisotopic (exact) mass is 286 g/mol. The van der Waals surface area contributed by atoms with Gasteiger partial charge in [0.2, 0.25) is 5.91 Å². The van der Waals surface area contributed by atoms with Crippen molar-refractivity contribution in [3.05, 3.63) is 35.6 Å². The molecule has 1 aliphatic rings. The highest BCUT2D eigenvalue weighted by atomic mass is 35.5. The molecule has 1 heterocycles. The number of hydrogen-bond donors (Lipinski definition) is 2. The largest absolute Gasteiger partial charge is 0.352 e. The van der Waals surface area contributed by atoms with Crippen LogP contribution in [-0.4, -0.2) is 25.0 Å². The van der Waals surface area contributed by atoms with Gasteiger partial charge in [-0.3, -0.25) is 4.79 Å². The van der Waals surface area contributed by atoms with Gasteiger partial charge in [-0.25, -0.2) is 4.39 Å². The van der Waals surface area contributed by atoms with Crippen LogP contribution in [-0.2, 0) is 4.79 Å². The van der Waals surface area contributed by atoms with Crippen molar-refractivity contribution >= 4 is 18.3 Å². The Morgan fingerprint density at radius 3 is 2.95 bits per heavy atom. The van der Waals surface area contributed by atoms with E-state index in [0.29, 0.717) is 0 Å². The summed E-state index contributed by atoms with van der Waals surface area (Å²) in [6.07, 6.45) is 2.09. The summed E-state index contributed by atoms with van der Waals surface area (Å²) in [7, 11) is 0. The number of nitrogens with one attached hydrogen (secondary N) is 2. The van der Waals surface area contributed by atoms with Crippen molar-refractivity contribution in [2.75, 3.05) is 13.1 Å². The molecule has 1 saturated heterocycles. The van der Waals surface area contributed by atoms with Gasteiger partial charge in [0.25, 0.3) is 0 Å². The molecule has 1 aromatic rings. The third kappa shape index (κ3) is 4.48. The lowest BCUT2D eigenvalue weighted by Gasteiger charge is -2.25. The molecule has 1 aliphatic heterocycles. The average Bonchev–Trinajstić information content (AvgIpc) is 2.39. The summed E-state index contributed by atoms with van der Waals surface area (Å²) >= 11 is 0. The fourth-order valence-electron chi connectivity index (χ4n) is 2.23. The fraction of sp³-hybridized carbons (Fsp3) is 0.500. The standard InChI is InChI=1S/C14H19FN2O.ClH/c1-10(11-4-2-5-12(15)8-11)14(18)17-13-6-3-7-16-9-13;/h2,4-5,8,10,13,16H,3,6-7,9H2,1H3,(H,17,18);1H. The van der Waals surface area contributed by atoms with Crippen molar-refractivity contribution in [1.29, 1.82) is 0 Å². The third-order valence-electron chi connectivity index (χ3n) is 3.39. The Morgan fingerprint density at radius 2 is 2.32 bits per heavy atom. The third-order valence-corrected chi connectivity index (χ3v) is 3.39. The molecule has 0 saturated carbocycles. The van der Waals surface area contributed by atoms with E-state index < -0.39 is 0 Å². The topological polar surface area (TPSA) is 41.1 Å². The highest BCUT2D eigenvalue weighted by Crippen LogP contribution is 2.17. The van der Waals surface area contributed by atoms with Crippen LogP contribution in [0.2, 0.25) is 0 Å². The van der Waals surface area contributed by atoms with E-state index in [0.717, 1.165) is 31.5 Å². The van der Waals surface area contributed by atoms with E-state index in [1.165, 1.54) is 12.1 Å². The molecule has 0 aliphatic carbocycles. The maximum atomic E-state index is 13.1. The Morgan fingerprint density at radius 1 is 1.53 bits per heavy atom. The quantitative estimate of drug-likeness (QED) is 0.895. The highest BCUT2D eigenvalue weighted by Gasteiger charge is 2.20. The van der Waals surface area contributed by atoms with Gasteiger partial charge in [0.1, 0.15) is 5.82 Å². The molecule has 1 amide bonds. The Kier molecular flexibility index (Phi) is 6.25. The lowest BCUT2D eigenvalue weighted by atomic mass is 9.99. The normalized spacial score (nSPS) is 20.2. The van der Waals surface area contributed by atoms with E-state index in [4.69, 9.17) is 0 Å². The number of hydrogen-bond acceptors (Lipinski definition) is 2. The number of carbonyl (C=O) groups excluding carboxylic acids is 1. The summed E-state index contributed by atoms with van der Waals surface area (Å²) in [6.45, 7) is 3.65. The predicted octanol–water partition coefficient (Wildman–Crippen LogP) is 2.22. The van der Waals surface area contributed by atoms with Crippen LogP contribution >= 0.6 is 12.4 Å². The molecule has 1 fully saturated rings. The van der Waals surface area contributed by atoms with E-state index in [9.17, 15) is 9.18 Å². The first-order valence-corrected chi connectivity index (χ1v) is 6.43. The Hall–Kier alpha value is -1.13. The van der Waals surface area contributed by atoms with Crippen LogP contribution in [0, 0.1) is 5.82 Å². The van der Waals surface area contributed by atoms with E-state index in [-0.39, 0.29) is 36.1 Å². The van der Waals surface area contributed by atoms with Gasteiger partial charge in [0.15, 0.2) is 0 Å². The van der Waals surface area contributed by atoms with Crippen LogP contribution in [0.5, 0.6) is 0 Å². The first kappa shape index (κ1) is 15.9. The molecule has 2 unspecified atom stereocenters. The number of benzene rings is 1. The molecule has 0 aromatic heterocycles. The minimum absolute atomic E-state index is 0. The number of halogens is 2. The maximum absolute atomic E-state index is 13.1. The summed E-state index contributed by atoms with van der Waals surface area (Å²) in [6, 6.07) is 6.42. The van der Waals surface area contributed by atoms with Gasteiger partial charge in [-0.15, -0.1) is 12.4 Å². The number of piperidine rings is 1. The molecule has 2 atom stereocenters. The van der Waals surface area contributed by atoms with Crippen LogP contribution in [0.25, 0.3) is 0 Å². The predicted molar refractivity (Wildman–Crippen MR) is 76.1 cm³/mol. The van der Waals surface area contributed by atoms with Gasteiger partial charge in [-0.1, -0.05) is 12.1 Å². The molecule has 3 nitrogen and oxygen atoms in total.